The first-order valence-electron chi connectivity index (χ1n) is 11.0. The van der Waals surface area contributed by atoms with Crippen LogP contribution in [0.25, 0.3) is 0 Å². The Hall–Kier alpha value is -1.79. The predicted octanol–water partition coefficient (Wildman–Crippen LogP) is 3.01. The Kier molecular flexibility index (Phi) is 7.78. The molecule has 8 nitrogen and oxygen atoms in total. The van der Waals surface area contributed by atoms with Crippen molar-refractivity contribution in [3.63, 3.8) is 0 Å². The SMILES string of the molecule is Cc1nccc(N2CCC(C(=O)N3C(=S)C(CNS(=O)(=O)c4ccc(S)cc4)C[C@H]3Cl)CC2)n1. The smallest absolute Gasteiger partial charge is 0.240 e. The van der Waals surface area contributed by atoms with Crippen LogP contribution in [0.1, 0.15) is 25.1 Å². The highest BCUT2D eigenvalue weighted by Gasteiger charge is 2.42. The normalized spacial score (nSPS) is 21.8. The summed E-state index contributed by atoms with van der Waals surface area (Å²) < 4.78 is 27.8. The van der Waals surface area contributed by atoms with Gasteiger partial charge in [-0.25, -0.2) is 23.1 Å². The predicted molar refractivity (Wildman–Crippen MR) is 138 cm³/mol. The van der Waals surface area contributed by atoms with E-state index in [0.29, 0.717) is 48.1 Å². The number of hydrogen-bond donors (Lipinski definition) is 2. The van der Waals surface area contributed by atoms with Crippen LogP contribution in [0.4, 0.5) is 5.82 Å². The van der Waals surface area contributed by atoms with Gasteiger partial charge in [-0.2, -0.15) is 0 Å². The van der Waals surface area contributed by atoms with Gasteiger partial charge < -0.3 is 4.90 Å². The minimum Gasteiger partial charge on any atom is -0.356 e. The van der Waals surface area contributed by atoms with Crippen molar-refractivity contribution in [1.82, 2.24) is 19.6 Å². The molecule has 1 aromatic heterocycles. The van der Waals surface area contributed by atoms with Crippen LogP contribution < -0.4 is 9.62 Å². The summed E-state index contributed by atoms with van der Waals surface area (Å²) in [5.74, 6) is 0.974. The highest BCUT2D eigenvalue weighted by molar-refractivity contribution is 7.89. The lowest BCUT2D eigenvalue weighted by atomic mass is 9.95. The van der Waals surface area contributed by atoms with E-state index in [9.17, 15) is 13.2 Å². The second kappa shape index (κ2) is 10.4. The Labute approximate surface area is 215 Å². The fourth-order valence-electron chi connectivity index (χ4n) is 4.28. The van der Waals surface area contributed by atoms with Crippen molar-refractivity contribution in [3.8, 4) is 0 Å². The minimum absolute atomic E-state index is 0.0850. The number of thiol groups is 1. The summed E-state index contributed by atoms with van der Waals surface area (Å²) in [6.45, 7) is 3.34. The number of thiocarbonyl (C=S) groups is 1. The molecule has 2 atom stereocenters. The summed E-state index contributed by atoms with van der Waals surface area (Å²) in [5, 5.41) is 0. The first-order chi connectivity index (χ1) is 16.2. The molecule has 2 aromatic rings. The van der Waals surface area contributed by atoms with Crippen molar-refractivity contribution < 1.29 is 13.2 Å². The molecule has 2 saturated heterocycles. The zero-order chi connectivity index (χ0) is 24.5. The average Bonchev–Trinajstić information content (AvgIpc) is 3.10. The van der Waals surface area contributed by atoms with E-state index in [-0.39, 0.29) is 29.2 Å². The van der Waals surface area contributed by atoms with Gasteiger partial charge in [-0.3, -0.25) is 9.69 Å². The molecule has 2 aliphatic rings. The molecule has 12 heteroatoms. The number of nitrogens with zero attached hydrogens (tertiary/aromatic N) is 4. The number of piperidine rings is 1. The number of halogens is 1. The number of sulfonamides is 1. The number of carbonyl (C=O) groups excluding carboxylic acids is 1. The van der Waals surface area contributed by atoms with Crippen molar-refractivity contribution in [2.75, 3.05) is 24.5 Å². The van der Waals surface area contributed by atoms with Crippen LogP contribution >= 0.6 is 36.4 Å². The molecule has 3 heterocycles. The molecule has 0 spiro atoms. The molecule has 0 radical (unpaired) electrons. The van der Waals surface area contributed by atoms with Crippen LogP contribution in [0, 0.1) is 18.8 Å². The van der Waals surface area contributed by atoms with E-state index in [0.717, 1.165) is 5.82 Å². The first-order valence-corrected chi connectivity index (χ1v) is 13.8. The maximum Gasteiger partial charge on any atom is 0.240 e. The molecule has 1 amide bonds. The van der Waals surface area contributed by atoms with Gasteiger partial charge in [0.15, 0.2) is 0 Å². The van der Waals surface area contributed by atoms with E-state index in [1.165, 1.54) is 17.0 Å². The molecule has 2 aliphatic heterocycles. The van der Waals surface area contributed by atoms with Gasteiger partial charge in [-0.1, -0.05) is 23.8 Å². The van der Waals surface area contributed by atoms with Crippen LogP contribution in [0.5, 0.6) is 0 Å². The third-order valence-corrected chi connectivity index (χ3v) is 8.82. The Bertz CT molecular complexity index is 1170. The number of hydrogen-bond acceptors (Lipinski definition) is 8. The summed E-state index contributed by atoms with van der Waals surface area (Å²) in [7, 11) is -3.71. The molecule has 1 aromatic carbocycles. The van der Waals surface area contributed by atoms with Crippen molar-refractivity contribution in [3.05, 3.63) is 42.4 Å². The topological polar surface area (TPSA) is 95.5 Å². The summed E-state index contributed by atoms with van der Waals surface area (Å²) in [5.41, 5.74) is -0.583. The van der Waals surface area contributed by atoms with Crippen LogP contribution in [0.15, 0.2) is 46.3 Å². The fourth-order valence-corrected chi connectivity index (χ4v) is 6.39. The highest BCUT2D eigenvalue weighted by Crippen LogP contribution is 2.33. The number of amides is 1. The molecule has 4 rings (SSSR count). The van der Waals surface area contributed by atoms with E-state index in [1.807, 2.05) is 13.0 Å². The monoisotopic (exact) mass is 539 g/mol. The van der Waals surface area contributed by atoms with Gasteiger partial charge in [0.05, 0.1) is 9.88 Å². The molecule has 0 bridgehead atoms. The molecular weight excluding hydrogens is 514 g/mol. The molecular formula is C22H26ClN5O3S3. The number of benzene rings is 1. The number of aromatic nitrogens is 2. The summed E-state index contributed by atoms with van der Waals surface area (Å²) >= 11 is 16.3. The number of nitrogens with one attached hydrogen (secondary N) is 1. The average molecular weight is 540 g/mol. The van der Waals surface area contributed by atoms with Crippen LogP contribution in [0.2, 0.25) is 0 Å². The van der Waals surface area contributed by atoms with Gasteiger partial charge in [0.25, 0.3) is 0 Å². The second-order valence-electron chi connectivity index (χ2n) is 8.48. The van der Waals surface area contributed by atoms with Crippen LogP contribution in [0.3, 0.4) is 0 Å². The maximum absolute atomic E-state index is 13.3. The third kappa shape index (κ3) is 5.54. The first kappa shape index (κ1) is 25.3. The van der Waals surface area contributed by atoms with Gasteiger partial charge in [0.1, 0.15) is 17.1 Å². The lowest BCUT2D eigenvalue weighted by Gasteiger charge is -2.34. The third-order valence-electron chi connectivity index (χ3n) is 6.18. The van der Waals surface area contributed by atoms with Gasteiger partial charge >= 0.3 is 0 Å². The standard InChI is InChI=1S/C22H26ClN5O3S3/c1-14-24-9-6-20(26-14)27-10-7-15(8-11-27)21(29)28-19(23)12-16(22(28)33)13-25-34(30,31)18-4-2-17(32)3-5-18/h2-6,9,15-16,19,25,32H,7-8,10-13H2,1H3/t16?,19-/m0/s1. The minimum atomic E-state index is -3.71. The van der Waals surface area contributed by atoms with Gasteiger partial charge in [0, 0.05) is 42.6 Å². The van der Waals surface area contributed by atoms with Gasteiger partial charge in [0.2, 0.25) is 15.9 Å². The molecule has 182 valence electrons. The summed E-state index contributed by atoms with van der Waals surface area (Å²) in [6.07, 6.45) is 3.48. The van der Waals surface area contributed by atoms with E-state index in [1.54, 1.807) is 18.3 Å². The number of carbonyl (C=O) groups is 1. The number of aryl methyl sites for hydroxylation is 1. The molecule has 0 saturated carbocycles. The molecule has 34 heavy (non-hydrogen) atoms. The number of rotatable bonds is 6. The van der Waals surface area contributed by atoms with Gasteiger partial charge in [-0.15, -0.1) is 12.6 Å². The van der Waals surface area contributed by atoms with Crippen molar-refractivity contribution in [2.45, 2.75) is 41.5 Å². The van der Waals surface area contributed by atoms with Gasteiger partial charge in [-0.05, 0) is 56.5 Å². The molecule has 0 aliphatic carbocycles. The van der Waals surface area contributed by atoms with Crippen LogP contribution in [-0.2, 0) is 14.8 Å². The quantitative estimate of drug-likeness (QED) is 0.252. The number of anilines is 1. The van der Waals surface area contributed by atoms with E-state index in [2.05, 4.69) is 32.2 Å². The summed E-state index contributed by atoms with van der Waals surface area (Å²) in [4.78, 5) is 26.7. The van der Waals surface area contributed by atoms with E-state index < -0.39 is 15.5 Å². The highest BCUT2D eigenvalue weighted by atomic mass is 35.5. The fraction of sp³-hybridized carbons (Fsp3) is 0.455. The Balaban J connectivity index is 1.34. The second-order valence-corrected chi connectivity index (χ2v) is 11.7. The van der Waals surface area contributed by atoms with Crippen molar-refractivity contribution in [2.24, 2.45) is 11.8 Å². The molecule has 1 unspecified atom stereocenters. The largest absolute Gasteiger partial charge is 0.356 e. The van der Waals surface area contributed by atoms with E-state index in [4.69, 9.17) is 23.8 Å². The molecule has 2 fully saturated rings. The summed E-state index contributed by atoms with van der Waals surface area (Å²) in [6, 6.07) is 8.09. The Morgan fingerprint density at radius 3 is 2.56 bits per heavy atom. The molecule has 1 N–H and O–H groups in total. The lowest BCUT2D eigenvalue weighted by molar-refractivity contribution is -0.132. The van der Waals surface area contributed by atoms with Crippen molar-refractivity contribution >= 4 is 63.2 Å². The number of alkyl halides is 1. The lowest BCUT2D eigenvalue weighted by Crippen LogP contribution is -2.45. The zero-order valence-corrected chi connectivity index (χ0v) is 21.9. The Morgan fingerprint density at radius 2 is 1.91 bits per heavy atom. The number of likely N-dealkylation sites (tertiary alicyclic amines) is 1. The maximum atomic E-state index is 13.3. The van der Waals surface area contributed by atoms with Crippen LogP contribution in [-0.4, -0.2) is 59.3 Å². The zero-order valence-electron chi connectivity index (χ0n) is 18.6. The van der Waals surface area contributed by atoms with Crippen molar-refractivity contribution in [1.29, 1.82) is 0 Å². The van der Waals surface area contributed by atoms with E-state index >= 15 is 0 Å². The Morgan fingerprint density at radius 1 is 1.24 bits per heavy atom.